The van der Waals surface area contributed by atoms with Gasteiger partial charge in [0.05, 0.1) is 12.0 Å². The average molecular weight is 429 g/mol. The van der Waals surface area contributed by atoms with E-state index in [0.717, 1.165) is 45.6 Å². The van der Waals surface area contributed by atoms with Crippen molar-refractivity contribution in [2.45, 2.75) is 25.3 Å². The number of hydrogen-bond acceptors (Lipinski definition) is 5. The molecule has 2 aliphatic rings. The Hall–Kier alpha value is -2.87. The highest BCUT2D eigenvalue weighted by molar-refractivity contribution is 5.95. The molecule has 2 amide bonds. The van der Waals surface area contributed by atoms with E-state index in [0.29, 0.717) is 25.2 Å². The number of carbonyl (C=O) groups is 2. The lowest BCUT2D eigenvalue weighted by Crippen LogP contribution is -2.48. The average Bonchev–Trinajstić information content (AvgIpc) is 3.49. The summed E-state index contributed by atoms with van der Waals surface area (Å²) in [6.45, 7) is 5.35. The molecule has 0 spiro atoms. The Balaban J connectivity index is 1.17. The second kappa shape index (κ2) is 9.96. The lowest BCUT2D eigenvalue weighted by Gasteiger charge is -2.36. The molecular weight excluding hydrogens is 399 g/mol. The van der Waals surface area contributed by atoms with Crippen molar-refractivity contribution in [1.82, 2.24) is 15.1 Å². The predicted octanol–water partition coefficient (Wildman–Crippen LogP) is 2.35. The van der Waals surface area contributed by atoms with Gasteiger partial charge in [-0.1, -0.05) is 12.1 Å². The number of para-hydroxylation sites is 1. The largest absolute Gasteiger partial charge is 0.459 e. The molecule has 166 valence electrons. The first kappa shape index (κ1) is 21.4. The molecule has 2 aliphatic heterocycles. The van der Waals surface area contributed by atoms with E-state index in [1.54, 1.807) is 23.1 Å². The van der Waals surface area contributed by atoms with Crippen molar-refractivity contribution in [1.29, 1.82) is 0 Å². The smallest absolute Gasteiger partial charge is 0.290 e. The van der Waals surface area contributed by atoms with Gasteiger partial charge in [-0.25, -0.2) is 4.39 Å². The quantitative estimate of drug-likeness (QED) is 0.686. The van der Waals surface area contributed by atoms with Crippen molar-refractivity contribution in [3.63, 3.8) is 0 Å². The standard InChI is InChI=1S/C23H29FN4O3/c24-18-6-1-2-7-19(18)27-15-13-26(14-16-27)11-5-10-25-22(29)20-8-3-12-28(20)23(30)21-9-4-17-31-21/h1-2,4,6-7,9,17,20H,3,5,8,10-16H2,(H,25,29). The number of anilines is 1. The first-order valence-electron chi connectivity index (χ1n) is 11.0. The maximum atomic E-state index is 14.0. The number of carbonyl (C=O) groups excluding carboxylic acids is 2. The van der Waals surface area contributed by atoms with Crippen molar-refractivity contribution < 1.29 is 18.4 Å². The fourth-order valence-corrected chi connectivity index (χ4v) is 4.38. The first-order chi connectivity index (χ1) is 15.1. The van der Waals surface area contributed by atoms with Crippen LogP contribution in [0.1, 0.15) is 29.8 Å². The Labute approximate surface area is 181 Å². The summed E-state index contributed by atoms with van der Waals surface area (Å²) in [5.41, 5.74) is 0.666. The molecule has 0 bridgehead atoms. The third kappa shape index (κ3) is 5.07. The van der Waals surface area contributed by atoms with Gasteiger partial charge in [-0.3, -0.25) is 14.5 Å². The van der Waals surface area contributed by atoms with E-state index >= 15 is 0 Å². The fraction of sp³-hybridized carbons (Fsp3) is 0.478. The third-order valence-electron chi connectivity index (χ3n) is 6.06. The number of furan rings is 1. The molecule has 1 aromatic carbocycles. The summed E-state index contributed by atoms with van der Waals surface area (Å²) in [6, 6.07) is 9.77. The Kier molecular flexibility index (Phi) is 6.86. The van der Waals surface area contributed by atoms with Crippen molar-refractivity contribution in [2.24, 2.45) is 0 Å². The number of likely N-dealkylation sites (tertiary alicyclic amines) is 1. The Morgan fingerprint density at radius 3 is 2.61 bits per heavy atom. The minimum atomic E-state index is -0.429. The van der Waals surface area contributed by atoms with Crippen LogP contribution in [0.4, 0.5) is 10.1 Å². The molecule has 0 saturated carbocycles. The highest BCUT2D eigenvalue weighted by atomic mass is 19.1. The number of halogens is 1. The van der Waals surface area contributed by atoms with Crippen molar-refractivity contribution in [3.8, 4) is 0 Å². The van der Waals surface area contributed by atoms with Crippen LogP contribution >= 0.6 is 0 Å². The highest BCUT2D eigenvalue weighted by Gasteiger charge is 2.35. The zero-order chi connectivity index (χ0) is 21.6. The maximum Gasteiger partial charge on any atom is 0.290 e. The van der Waals surface area contributed by atoms with E-state index in [1.165, 1.54) is 12.3 Å². The second-order valence-corrected chi connectivity index (χ2v) is 8.06. The number of nitrogens with zero attached hydrogens (tertiary/aromatic N) is 3. The van der Waals surface area contributed by atoms with Crippen LogP contribution in [0.3, 0.4) is 0 Å². The first-order valence-corrected chi connectivity index (χ1v) is 11.0. The highest BCUT2D eigenvalue weighted by Crippen LogP contribution is 2.21. The van der Waals surface area contributed by atoms with Crippen LogP contribution < -0.4 is 10.2 Å². The number of benzene rings is 1. The predicted molar refractivity (Wildman–Crippen MR) is 115 cm³/mol. The van der Waals surface area contributed by atoms with E-state index in [9.17, 15) is 14.0 Å². The summed E-state index contributed by atoms with van der Waals surface area (Å²) in [4.78, 5) is 31.2. The summed E-state index contributed by atoms with van der Waals surface area (Å²) in [5, 5.41) is 2.99. The van der Waals surface area contributed by atoms with Crippen molar-refractivity contribution >= 4 is 17.5 Å². The SMILES string of the molecule is O=C(NCCCN1CCN(c2ccccc2F)CC1)C1CCCN1C(=O)c1ccco1. The lowest BCUT2D eigenvalue weighted by molar-refractivity contribution is -0.124. The number of nitrogens with one attached hydrogen (secondary N) is 1. The molecule has 0 radical (unpaired) electrons. The molecule has 0 aliphatic carbocycles. The zero-order valence-electron chi connectivity index (χ0n) is 17.6. The van der Waals surface area contributed by atoms with Crippen LogP contribution in [0, 0.1) is 5.82 Å². The summed E-state index contributed by atoms with van der Waals surface area (Å²) >= 11 is 0. The molecule has 2 saturated heterocycles. The number of rotatable bonds is 7. The summed E-state index contributed by atoms with van der Waals surface area (Å²) in [7, 11) is 0. The van der Waals surface area contributed by atoms with Gasteiger partial charge in [0.15, 0.2) is 5.76 Å². The van der Waals surface area contributed by atoms with Gasteiger partial charge < -0.3 is 19.5 Å². The second-order valence-electron chi connectivity index (χ2n) is 8.06. The van der Waals surface area contributed by atoms with Gasteiger partial charge in [0, 0.05) is 39.3 Å². The van der Waals surface area contributed by atoms with E-state index in [4.69, 9.17) is 4.42 Å². The Morgan fingerprint density at radius 2 is 1.87 bits per heavy atom. The molecular formula is C23H29FN4O3. The lowest BCUT2D eigenvalue weighted by atomic mass is 10.2. The number of piperazine rings is 1. The van der Waals surface area contributed by atoms with Crippen LogP contribution in [-0.4, -0.2) is 73.5 Å². The van der Waals surface area contributed by atoms with Crippen LogP contribution in [0.5, 0.6) is 0 Å². The molecule has 1 N–H and O–H groups in total. The van der Waals surface area contributed by atoms with Gasteiger partial charge in [-0.2, -0.15) is 0 Å². The molecule has 4 rings (SSSR count). The van der Waals surface area contributed by atoms with E-state index in [1.807, 2.05) is 12.1 Å². The summed E-state index contributed by atoms with van der Waals surface area (Å²) in [5.74, 6) is -0.225. The van der Waals surface area contributed by atoms with Crippen molar-refractivity contribution in [2.75, 3.05) is 50.7 Å². The number of amides is 2. The van der Waals surface area contributed by atoms with Crippen molar-refractivity contribution in [3.05, 3.63) is 54.2 Å². The minimum Gasteiger partial charge on any atom is -0.459 e. The zero-order valence-corrected chi connectivity index (χ0v) is 17.6. The number of hydrogen-bond donors (Lipinski definition) is 1. The molecule has 8 heteroatoms. The van der Waals surface area contributed by atoms with Crippen LogP contribution in [0.15, 0.2) is 47.1 Å². The summed E-state index contributed by atoms with van der Waals surface area (Å²) < 4.78 is 19.1. The molecule has 2 fully saturated rings. The van der Waals surface area contributed by atoms with Gasteiger partial charge in [0.1, 0.15) is 11.9 Å². The summed E-state index contributed by atoms with van der Waals surface area (Å²) in [6.07, 6.45) is 3.80. The normalized spacial score (nSPS) is 19.6. The Bertz CT molecular complexity index is 881. The van der Waals surface area contributed by atoms with Crippen LogP contribution in [0.25, 0.3) is 0 Å². The molecule has 1 aromatic heterocycles. The van der Waals surface area contributed by atoms with E-state index in [2.05, 4.69) is 15.1 Å². The Morgan fingerprint density at radius 1 is 1.06 bits per heavy atom. The maximum absolute atomic E-state index is 14.0. The molecule has 1 atom stereocenters. The van der Waals surface area contributed by atoms with Gasteiger partial charge in [-0.05, 0) is 50.1 Å². The van der Waals surface area contributed by atoms with Gasteiger partial charge >= 0.3 is 0 Å². The molecule has 31 heavy (non-hydrogen) atoms. The molecule has 3 heterocycles. The molecule has 2 aromatic rings. The van der Waals surface area contributed by atoms with E-state index in [-0.39, 0.29) is 23.4 Å². The van der Waals surface area contributed by atoms with Gasteiger partial charge in [-0.15, -0.1) is 0 Å². The molecule has 7 nitrogen and oxygen atoms in total. The topological polar surface area (TPSA) is 69.0 Å². The van der Waals surface area contributed by atoms with Gasteiger partial charge in [0.2, 0.25) is 5.91 Å². The van der Waals surface area contributed by atoms with Gasteiger partial charge in [0.25, 0.3) is 5.91 Å². The molecule has 1 unspecified atom stereocenters. The minimum absolute atomic E-state index is 0.0956. The van der Waals surface area contributed by atoms with Crippen LogP contribution in [-0.2, 0) is 4.79 Å². The van der Waals surface area contributed by atoms with Crippen LogP contribution in [0.2, 0.25) is 0 Å². The third-order valence-corrected chi connectivity index (χ3v) is 6.06. The van der Waals surface area contributed by atoms with E-state index < -0.39 is 6.04 Å². The monoisotopic (exact) mass is 428 g/mol. The fourth-order valence-electron chi connectivity index (χ4n) is 4.38.